The van der Waals surface area contributed by atoms with E-state index in [-0.39, 0.29) is 6.04 Å². The molecule has 3 nitrogen and oxygen atoms in total. The summed E-state index contributed by atoms with van der Waals surface area (Å²) >= 11 is 1.89. The zero-order valence-electron chi connectivity index (χ0n) is 24.8. The highest BCUT2D eigenvalue weighted by molar-refractivity contribution is 7.26. The van der Waals surface area contributed by atoms with E-state index < -0.39 is 0 Å². The predicted molar refractivity (Wildman–Crippen MR) is 197 cm³/mol. The van der Waals surface area contributed by atoms with Crippen molar-refractivity contribution in [3.8, 4) is 5.69 Å². The quantitative estimate of drug-likeness (QED) is 0.174. The molecule has 1 aliphatic heterocycles. The summed E-state index contributed by atoms with van der Waals surface area (Å²) in [6.07, 6.45) is 9.10. The molecule has 0 amide bonds. The summed E-state index contributed by atoms with van der Waals surface area (Å²) < 4.78 is 10.2. The molecule has 9 aromatic rings. The molecule has 0 bridgehead atoms. The number of para-hydroxylation sites is 3. The van der Waals surface area contributed by atoms with Crippen molar-refractivity contribution in [2.45, 2.75) is 6.04 Å². The van der Waals surface area contributed by atoms with Gasteiger partial charge in [0, 0.05) is 60.9 Å². The van der Waals surface area contributed by atoms with Gasteiger partial charge in [0.15, 0.2) is 0 Å². The third-order valence-corrected chi connectivity index (χ3v) is 11.2. The Morgan fingerprint density at radius 1 is 0.543 bits per heavy atom. The van der Waals surface area contributed by atoms with Crippen LogP contribution in [-0.4, -0.2) is 14.8 Å². The van der Waals surface area contributed by atoms with Crippen LogP contribution < -0.4 is 4.58 Å². The SMILES string of the molecule is C1=CC2=[N+](c3cccc4c3sc3ccccc34)c3cccc4c5ccc6c(c7ccccc7n6-c6ccccc6)c5n(c34)C2C=C1. The second-order valence-corrected chi connectivity index (χ2v) is 13.3. The second-order valence-electron chi connectivity index (χ2n) is 12.3. The molecule has 4 heteroatoms. The lowest BCUT2D eigenvalue weighted by atomic mass is 10.0. The summed E-state index contributed by atoms with van der Waals surface area (Å²) in [4.78, 5) is 0. The molecular weight excluding hydrogens is 579 g/mol. The average molecular weight is 605 g/mol. The third-order valence-electron chi connectivity index (χ3n) is 9.99. The molecule has 1 unspecified atom stereocenters. The number of rotatable bonds is 2. The molecule has 1 atom stereocenters. The Labute approximate surface area is 268 Å². The fourth-order valence-corrected chi connectivity index (χ4v) is 9.41. The largest absolute Gasteiger partial charge is 0.317 e. The van der Waals surface area contributed by atoms with Crippen LogP contribution in [0.25, 0.3) is 69.5 Å². The topological polar surface area (TPSA) is 12.9 Å². The molecule has 0 N–H and O–H groups in total. The monoisotopic (exact) mass is 604 g/mol. The van der Waals surface area contributed by atoms with Gasteiger partial charge >= 0.3 is 0 Å². The van der Waals surface area contributed by atoms with Crippen LogP contribution in [0.5, 0.6) is 0 Å². The molecule has 1 aliphatic carbocycles. The van der Waals surface area contributed by atoms with Crippen molar-refractivity contribution >= 4 is 92.2 Å². The van der Waals surface area contributed by atoms with Gasteiger partial charge in [-0.05, 0) is 30.3 Å². The summed E-state index contributed by atoms with van der Waals surface area (Å²) in [7, 11) is 0. The number of thiophene rings is 1. The van der Waals surface area contributed by atoms with Gasteiger partial charge in [-0.25, -0.2) is 0 Å². The number of benzene rings is 6. The Bertz CT molecular complexity index is 2860. The highest BCUT2D eigenvalue weighted by Crippen LogP contribution is 2.49. The highest BCUT2D eigenvalue weighted by Gasteiger charge is 2.39. The van der Waals surface area contributed by atoms with Crippen molar-refractivity contribution in [2.24, 2.45) is 0 Å². The first-order valence-electron chi connectivity index (χ1n) is 15.8. The smallest absolute Gasteiger partial charge is 0.236 e. The van der Waals surface area contributed by atoms with Gasteiger partial charge in [0.25, 0.3) is 0 Å². The molecule has 4 heterocycles. The Kier molecular flexibility index (Phi) is 4.78. The summed E-state index contributed by atoms with van der Waals surface area (Å²) in [5.74, 6) is 0. The van der Waals surface area contributed by atoms with Gasteiger partial charge in [0.2, 0.25) is 17.1 Å². The minimum Gasteiger partial charge on any atom is -0.317 e. The average Bonchev–Trinajstić information content (AvgIpc) is 3.78. The fraction of sp³-hybridized carbons (Fsp3) is 0.0238. The lowest BCUT2D eigenvalue weighted by Gasteiger charge is -2.25. The Hall–Kier alpha value is -5.71. The van der Waals surface area contributed by atoms with Gasteiger partial charge in [-0.3, -0.25) is 0 Å². The van der Waals surface area contributed by atoms with E-state index in [1.807, 2.05) is 11.3 Å². The Balaban J connectivity index is 1.31. The standard InChI is InChI=1S/C42H26N3S/c1-2-12-26(13-3-1)43-32-18-6-4-15-31(32)39-35(43)25-24-29-28-16-10-21-36-40(28)45(41(29)39)34-20-8-7-19-33(34)44(36)37-22-11-17-30-27-14-5-9-23-38(27)46-42(30)37/h1-25,34H/q+1. The summed E-state index contributed by atoms with van der Waals surface area (Å²) in [5, 5.41) is 7.82. The van der Waals surface area contributed by atoms with E-state index in [1.54, 1.807) is 0 Å². The van der Waals surface area contributed by atoms with Crippen LogP contribution in [0.15, 0.2) is 152 Å². The minimum atomic E-state index is 0.0500. The maximum Gasteiger partial charge on any atom is 0.236 e. The molecular formula is C42H26N3S+. The molecule has 11 rings (SSSR count). The molecule has 46 heavy (non-hydrogen) atoms. The van der Waals surface area contributed by atoms with Gasteiger partial charge < -0.3 is 9.13 Å². The summed E-state index contributed by atoms with van der Waals surface area (Å²) in [6.45, 7) is 0. The molecule has 0 saturated carbocycles. The van der Waals surface area contributed by atoms with E-state index in [0.29, 0.717) is 0 Å². The zero-order valence-corrected chi connectivity index (χ0v) is 25.6. The molecule has 2 aliphatic rings. The highest BCUT2D eigenvalue weighted by atomic mass is 32.1. The van der Waals surface area contributed by atoms with E-state index in [4.69, 9.17) is 0 Å². The van der Waals surface area contributed by atoms with Gasteiger partial charge in [-0.2, -0.15) is 4.58 Å². The molecule has 214 valence electrons. The van der Waals surface area contributed by atoms with E-state index in [1.165, 1.54) is 86.6 Å². The van der Waals surface area contributed by atoms with Crippen molar-refractivity contribution in [2.75, 3.05) is 0 Å². The molecule has 6 aromatic carbocycles. The van der Waals surface area contributed by atoms with Crippen LogP contribution in [-0.2, 0) is 0 Å². The lowest BCUT2D eigenvalue weighted by Crippen LogP contribution is -2.30. The van der Waals surface area contributed by atoms with E-state index in [2.05, 4.69) is 165 Å². The van der Waals surface area contributed by atoms with E-state index >= 15 is 0 Å². The number of hydrogen-bond donors (Lipinski definition) is 0. The van der Waals surface area contributed by atoms with E-state index in [9.17, 15) is 0 Å². The van der Waals surface area contributed by atoms with Crippen molar-refractivity contribution in [3.05, 3.63) is 152 Å². The van der Waals surface area contributed by atoms with Crippen molar-refractivity contribution in [3.63, 3.8) is 0 Å². The van der Waals surface area contributed by atoms with Gasteiger partial charge in [0.1, 0.15) is 16.3 Å². The second kappa shape index (κ2) is 8.94. The zero-order chi connectivity index (χ0) is 29.9. The van der Waals surface area contributed by atoms with Gasteiger partial charge in [-0.15, -0.1) is 11.3 Å². The van der Waals surface area contributed by atoms with Crippen LogP contribution in [0.1, 0.15) is 6.04 Å². The number of aromatic nitrogens is 2. The molecule has 0 radical (unpaired) electrons. The van der Waals surface area contributed by atoms with Crippen LogP contribution in [0.2, 0.25) is 0 Å². The Morgan fingerprint density at radius 3 is 2.20 bits per heavy atom. The van der Waals surface area contributed by atoms with Crippen molar-refractivity contribution in [1.29, 1.82) is 0 Å². The third kappa shape index (κ3) is 3.04. The van der Waals surface area contributed by atoms with Crippen LogP contribution in [0, 0.1) is 0 Å². The normalized spacial score (nSPS) is 15.8. The molecule has 3 aromatic heterocycles. The number of allylic oxidation sites excluding steroid dienone is 4. The number of hydrogen-bond acceptors (Lipinski definition) is 1. The van der Waals surface area contributed by atoms with E-state index in [0.717, 1.165) is 0 Å². The molecule has 0 spiro atoms. The van der Waals surface area contributed by atoms with Crippen LogP contribution in [0.4, 0.5) is 11.4 Å². The molecule has 0 saturated heterocycles. The lowest BCUT2D eigenvalue weighted by molar-refractivity contribution is 0.784. The van der Waals surface area contributed by atoms with Crippen molar-refractivity contribution < 1.29 is 0 Å². The maximum absolute atomic E-state index is 2.63. The minimum absolute atomic E-state index is 0.0500. The van der Waals surface area contributed by atoms with Crippen LogP contribution in [0.3, 0.4) is 0 Å². The van der Waals surface area contributed by atoms with Crippen LogP contribution >= 0.6 is 11.3 Å². The first kappa shape index (κ1) is 24.6. The number of fused-ring (bicyclic) bond motifs is 12. The Morgan fingerprint density at radius 2 is 1.28 bits per heavy atom. The maximum atomic E-state index is 2.63. The van der Waals surface area contributed by atoms with Crippen molar-refractivity contribution in [1.82, 2.24) is 13.7 Å². The molecule has 0 fully saturated rings. The first-order valence-corrected chi connectivity index (χ1v) is 16.6. The first-order chi connectivity index (χ1) is 22.9. The number of nitrogens with zero attached hydrogens (tertiary/aromatic N) is 3. The van der Waals surface area contributed by atoms with Gasteiger partial charge in [0.05, 0.1) is 16.6 Å². The summed E-state index contributed by atoms with van der Waals surface area (Å²) in [6, 6.07) is 46.8. The van der Waals surface area contributed by atoms with Gasteiger partial charge in [-0.1, -0.05) is 103 Å². The summed E-state index contributed by atoms with van der Waals surface area (Å²) in [5.41, 5.74) is 9.97. The predicted octanol–water partition coefficient (Wildman–Crippen LogP) is 11.2. The fourth-order valence-electron chi connectivity index (χ4n) is 8.20.